The molecule has 0 aliphatic rings. The van der Waals surface area contributed by atoms with E-state index in [1.807, 2.05) is 13.8 Å². The standard InChI is InChI=1S/C14H18F8O4/c1-8(2)6-4-3-5-7-26-10(25)12(17,18)14(21,22)13(19,20)11(15,16)9(23)24/h8H,3-7H2,1-2H3,(H,23,24). The van der Waals surface area contributed by atoms with E-state index in [4.69, 9.17) is 5.11 Å². The number of rotatable bonds is 11. The summed E-state index contributed by atoms with van der Waals surface area (Å²) < 4.78 is 109. The molecule has 0 unspecified atom stereocenters. The highest BCUT2D eigenvalue weighted by atomic mass is 19.4. The molecule has 0 saturated carbocycles. The van der Waals surface area contributed by atoms with Crippen molar-refractivity contribution in [3.05, 3.63) is 0 Å². The minimum Gasteiger partial charge on any atom is -0.477 e. The van der Waals surface area contributed by atoms with Gasteiger partial charge in [-0.2, -0.15) is 35.1 Å². The van der Waals surface area contributed by atoms with Crippen molar-refractivity contribution in [2.75, 3.05) is 6.61 Å². The molecular weight excluding hydrogens is 384 g/mol. The van der Waals surface area contributed by atoms with Crippen LogP contribution in [0.5, 0.6) is 0 Å². The number of unbranched alkanes of at least 4 members (excludes halogenated alkanes) is 2. The molecule has 154 valence electrons. The summed E-state index contributed by atoms with van der Waals surface area (Å²) in [6.07, 6.45) is 1.67. The Labute approximate surface area is 143 Å². The van der Waals surface area contributed by atoms with Crippen LogP contribution in [-0.4, -0.2) is 47.3 Å². The molecule has 0 heterocycles. The maximum absolute atomic E-state index is 13.3. The number of alkyl halides is 8. The number of aliphatic carboxylic acids is 1. The van der Waals surface area contributed by atoms with E-state index >= 15 is 0 Å². The Kier molecular flexibility index (Phi) is 7.86. The zero-order valence-electron chi connectivity index (χ0n) is 13.8. The molecule has 0 atom stereocenters. The molecule has 0 aromatic carbocycles. The Morgan fingerprint density at radius 3 is 1.73 bits per heavy atom. The molecule has 0 aromatic heterocycles. The fourth-order valence-corrected chi connectivity index (χ4v) is 1.74. The smallest absolute Gasteiger partial charge is 0.411 e. The molecule has 0 spiro atoms. The minimum atomic E-state index is -7.05. The van der Waals surface area contributed by atoms with Crippen molar-refractivity contribution in [2.24, 2.45) is 5.92 Å². The summed E-state index contributed by atoms with van der Waals surface area (Å²) in [5, 5.41) is 7.88. The number of esters is 1. The third-order valence-electron chi connectivity index (χ3n) is 3.37. The van der Waals surface area contributed by atoms with Crippen LogP contribution in [0.2, 0.25) is 0 Å². The van der Waals surface area contributed by atoms with Crippen molar-refractivity contribution in [1.29, 1.82) is 0 Å². The molecule has 0 bridgehead atoms. The summed E-state index contributed by atoms with van der Waals surface area (Å²) in [6.45, 7) is 2.98. The monoisotopic (exact) mass is 402 g/mol. The summed E-state index contributed by atoms with van der Waals surface area (Å²) in [6, 6.07) is 0. The van der Waals surface area contributed by atoms with Gasteiger partial charge < -0.3 is 9.84 Å². The predicted molar refractivity (Wildman–Crippen MR) is 71.7 cm³/mol. The molecular formula is C14H18F8O4. The summed E-state index contributed by atoms with van der Waals surface area (Å²) in [7, 11) is 0. The van der Waals surface area contributed by atoms with E-state index in [-0.39, 0.29) is 6.42 Å². The van der Waals surface area contributed by atoms with Gasteiger partial charge >= 0.3 is 35.6 Å². The number of halogens is 8. The van der Waals surface area contributed by atoms with E-state index in [0.717, 1.165) is 6.42 Å². The molecule has 0 saturated heterocycles. The van der Waals surface area contributed by atoms with Gasteiger partial charge in [-0.3, -0.25) is 0 Å². The quantitative estimate of drug-likeness (QED) is 0.317. The van der Waals surface area contributed by atoms with E-state index in [2.05, 4.69) is 4.74 Å². The normalized spacial score (nSPS) is 13.8. The summed E-state index contributed by atoms with van der Waals surface area (Å²) in [5.41, 5.74) is 0. The molecule has 0 fully saturated rings. The number of hydrogen-bond acceptors (Lipinski definition) is 3. The topological polar surface area (TPSA) is 63.6 Å². The van der Waals surface area contributed by atoms with Crippen molar-refractivity contribution in [3.8, 4) is 0 Å². The summed E-state index contributed by atoms with van der Waals surface area (Å²) in [4.78, 5) is 21.0. The maximum atomic E-state index is 13.3. The molecule has 0 aliphatic heterocycles. The third kappa shape index (κ3) is 4.76. The highest BCUT2D eigenvalue weighted by Crippen LogP contribution is 2.53. The Bertz CT molecular complexity index is 505. The molecule has 26 heavy (non-hydrogen) atoms. The Morgan fingerprint density at radius 2 is 1.31 bits per heavy atom. The molecule has 0 aromatic rings. The maximum Gasteiger partial charge on any atom is 0.411 e. The van der Waals surface area contributed by atoms with Crippen LogP contribution < -0.4 is 0 Å². The van der Waals surface area contributed by atoms with Gasteiger partial charge in [0.25, 0.3) is 0 Å². The SMILES string of the molecule is CC(C)CCCCCOC(=O)C(F)(F)C(F)(F)C(F)(F)C(F)(F)C(=O)O. The van der Waals surface area contributed by atoms with E-state index in [1.165, 1.54) is 0 Å². The van der Waals surface area contributed by atoms with Crippen LogP contribution in [0.1, 0.15) is 39.5 Å². The van der Waals surface area contributed by atoms with Crippen LogP contribution in [-0.2, 0) is 14.3 Å². The van der Waals surface area contributed by atoms with E-state index < -0.39 is 42.2 Å². The van der Waals surface area contributed by atoms with Gasteiger partial charge in [-0.05, 0) is 12.3 Å². The first-order chi connectivity index (χ1) is 11.5. The lowest BCUT2D eigenvalue weighted by atomic mass is 9.98. The molecule has 0 amide bonds. The minimum absolute atomic E-state index is 0.0399. The summed E-state index contributed by atoms with van der Waals surface area (Å²) >= 11 is 0. The highest BCUT2D eigenvalue weighted by Gasteiger charge is 2.85. The lowest BCUT2D eigenvalue weighted by molar-refractivity contribution is -0.354. The van der Waals surface area contributed by atoms with Crippen LogP contribution >= 0.6 is 0 Å². The third-order valence-corrected chi connectivity index (χ3v) is 3.37. The number of carbonyl (C=O) groups is 2. The van der Waals surface area contributed by atoms with Gasteiger partial charge in [0.1, 0.15) is 0 Å². The lowest BCUT2D eigenvalue weighted by Gasteiger charge is -2.33. The van der Waals surface area contributed by atoms with Gasteiger partial charge in [0.15, 0.2) is 0 Å². The second kappa shape index (κ2) is 8.38. The molecule has 0 radical (unpaired) electrons. The molecule has 0 aliphatic carbocycles. The first-order valence-corrected chi connectivity index (χ1v) is 7.45. The predicted octanol–water partition coefficient (Wildman–Crippen LogP) is 4.37. The van der Waals surface area contributed by atoms with Gasteiger partial charge in [-0.1, -0.05) is 33.1 Å². The average Bonchev–Trinajstić information content (AvgIpc) is 2.49. The first kappa shape index (κ1) is 24.4. The summed E-state index contributed by atoms with van der Waals surface area (Å²) in [5.74, 6) is -33.5. The largest absolute Gasteiger partial charge is 0.477 e. The van der Waals surface area contributed by atoms with Gasteiger partial charge in [0.2, 0.25) is 0 Å². The van der Waals surface area contributed by atoms with Crippen molar-refractivity contribution in [1.82, 2.24) is 0 Å². The Morgan fingerprint density at radius 1 is 0.846 bits per heavy atom. The number of carboxylic acid groups (broad SMARTS) is 1. The van der Waals surface area contributed by atoms with Gasteiger partial charge in [-0.25, -0.2) is 9.59 Å². The Hall–Kier alpha value is -1.62. The van der Waals surface area contributed by atoms with Crippen molar-refractivity contribution in [2.45, 2.75) is 63.2 Å². The van der Waals surface area contributed by atoms with E-state index in [9.17, 15) is 44.7 Å². The fraction of sp³-hybridized carbons (Fsp3) is 0.857. The number of carbonyl (C=O) groups excluding carboxylic acids is 1. The highest BCUT2D eigenvalue weighted by molar-refractivity contribution is 5.81. The van der Waals surface area contributed by atoms with Gasteiger partial charge in [-0.15, -0.1) is 0 Å². The van der Waals surface area contributed by atoms with E-state index in [1.54, 1.807) is 0 Å². The second-order valence-electron chi connectivity index (χ2n) is 5.98. The molecule has 4 nitrogen and oxygen atoms in total. The number of carboxylic acids is 1. The average molecular weight is 402 g/mol. The van der Waals surface area contributed by atoms with Crippen molar-refractivity contribution >= 4 is 11.9 Å². The van der Waals surface area contributed by atoms with E-state index in [0.29, 0.717) is 18.8 Å². The molecule has 12 heteroatoms. The zero-order valence-corrected chi connectivity index (χ0v) is 13.8. The van der Waals surface area contributed by atoms with Crippen LogP contribution in [0.3, 0.4) is 0 Å². The van der Waals surface area contributed by atoms with Crippen molar-refractivity contribution < 1.29 is 54.6 Å². The zero-order chi connectivity index (χ0) is 21.0. The van der Waals surface area contributed by atoms with Gasteiger partial charge in [0, 0.05) is 0 Å². The van der Waals surface area contributed by atoms with Gasteiger partial charge in [0.05, 0.1) is 6.61 Å². The van der Waals surface area contributed by atoms with Crippen LogP contribution in [0.25, 0.3) is 0 Å². The van der Waals surface area contributed by atoms with Crippen LogP contribution in [0.4, 0.5) is 35.1 Å². The van der Waals surface area contributed by atoms with Crippen molar-refractivity contribution in [3.63, 3.8) is 0 Å². The van der Waals surface area contributed by atoms with Crippen LogP contribution in [0, 0.1) is 5.92 Å². The number of hydrogen-bond donors (Lipinski definition) is 1. The molecule has 0 rings (SSSR count). The number of ether oxygens (including phenoxy) is 1. The van der Waals surface area contributed by atoms with Crippen LogP contribution in [0.15, 0.2) is 0 Å². The lowest BCUT2D eigenvalue weighted by Crippen LogP contribution is -2.66. The fourth-order valence-electron chi connectivity index (χ4n) is 1.74. The first-order valence-electron chi connectivity index (χ1n) is 7.45. The molecule has 1 N–H and O–H groups in total. The second-order valence-corrected chi connectivity index (χ2v) is 5.98. The Balaban J connectivity index is 5.05.